The van der Waals surface area contributed by atoms with Crippen LogP contribution in [-0.2, 0) is 5.41 Å². The van der Waals surface area contributed by atoms with Crippen LogP contribution in [0.25, 0.3) is 71.9 Å². The molecule has 0 saturated carbocycles. The monoisotopic (exact) mass is 729 g/mol. The summed E-state index contributed by atoms with van der Waals surface area (Å²) in [6.45, 7) is 4.70. The maximum absolute atomic E-state index is 5.50. The first-order valence-corrected chi connectivity index (χ1v) is 19.7. The molecular formula is C54H39N3. The average Bonchev–Trinajstić information content (AvgIpc) is 3.78. The van der Waals surface area contributed by atoms with Crippen LogP contribution in [-0.4, -0.2) is 9.55 Å². The minimum atomic E-state index is -0.117. The number of hydrogen-bond donors (Lipinski definition) is 0. The van der Waals surface area contributed by atoms with Crippen molar-refractivity contribution in [1.29, 1.82) is 0 Å². The second-order valence-electron chi connectivity index (χ2n) is 15.6. The standard InChI is InChI=1S/C54H39N3/c1-54(2)49-27-14-13-24-45(49)46-33-32-42(35-50(46)54)56(41-21-15-18-38(34-41)36-16-5-3-6-17-36)40-30-28-37(29-31-40)53-55-51-47-25-11-9-22-43(47)44-23-10-12-26-48(44)52(51)57(53)39-19-7-4-8-20-39/h3-35H,1-2H3. The SMILES string of the molecule is CC1(C)c2ccccc2-c2ccc(N(c3ccc(-c4nc5c6ccccc6c6ccccc6c5n4-c4ccccc4)cc3)c3cccc(-c4ccccc4)c3)cc21. The highest BCUT2D eigenvalue weighted by atomic mass is 15.1. The number of nitrogens with zero attached hydrogens (tertiary/aromatic N) is 3. The summed E-state index contributed by atoms with van der Waals surface area (Å²) in [4.78, 5) is 7.90. The zero-order valence-corrected chi connectivity index (χ0v) is 31.9. The summed E-state index contributed by atoms with van der Waals surface area (Å²) in [6, 6.07) is 72.4. The van der Waals surface area contributed by atoms with E-state index in [0.29, 0.717) is 0 Å². The van der Waals surface area contributed by atoms with Crippen molar-refractivity contribution < 1.29 is 0 Å². The Labute approximate surface area is 332 Å². The lowest BCUT2D eigenvalue weighted by molar-refractivity contribution is 0.660. The van der Waals surface area contributed by atoms with Crippen LogP contribution in [0.15, 0.2) is 200 Å². The highest BCUT2D eigenvalue weighted by Crippen LogP contribution is 2.51. The molecule has 0 spiro atoms. The van der Waals surface area contributed by atoms with E-state index in [4.69, 9.17) is 4.98 Å². The molecule has 3 heteroatoms. The second-order valence-corrected chi connectivity index (χ2v) is 15.6. The van der Waals surface area contributed by atoms with E-state index < -0.39 is 0 Å². The van der Waals surface area contributed by atoms with Crippen LogP contribution < -0.4 is 4.90 Å². The third kappa shape index (κ3) is 5.23. The fourth-order valence-corrected chi connectivity index (χ4v) is 9.22. The maximum Gasteiger partial charge on any atom is 0.145 e. The third-order valence-electron chi connectivity index (χ3n) is 12.0. The van der Waals surface area contributed by atoms with Crippen LogP contribution in [0.5, 0.6) is 0 Å². The van der Waals surface area contributed by atoms with Gasteiger partial charge in [-0.3, -0.25) is 4.57 Å². The van der Waals surface area contributed by atoms with Gasteiger partial charge in [-0.05, 0) is 105 Å². The van der Waals surface area contributed by atoms with Crippen LogP contribution in [0.3, 0.4) is 0 Å². The number of fused-ring (bicyclic) bond motifs is 9. The summed E-state index contributed by atoms with van der Waals surface area (Å²) in [5.41, 5.74) is 15.2. The molecule has 1 heterocycles. The Hall–Kier alpha value is -7.23. The molecule has 0 amide bonds. The molecule has 270 valence electrons. The number of imidazole rings is 1. The molecule has 9 aromatic carbocycles. The van der Waals surface area contributed by atoms with E-state index in [1.807, 2.05) is 0 Å². The predicted octanol–water partition coefficient (Wildman–Crippen LogP) is 14.4. The molecule has 10 aromatic rings. The van der Waals surface area contributed by atoms with Crippen LogP contribution >= 0.6 is 0 Å². The van der Waals surface area contributed by atoms with Crippen LogP contribution in [0.4, 0.5) is 17.1 Å². The van der Waals surface area contributed by atoms with Gasteiger partial charge in [0.05, 0.1) is 11.0 Å². The lowest BCUT2D eigenvalue weighted by atomic mass is 9.82. The topological polar surface area (TPSA) is 21.1 Å². The molecule has 1 aromatic heterocycles. The van der Waals surface area contributed by atoms with Crippen molar-refractivity contribution >= 4 is 49.6 Å². The van der Waals surface area contributed by atoms with Crippen LogP contribution in [0.2, 0.25) is 0 Å². The molecule has 0 radical (unpaired) electrons. The van der Waals surface area contributed by atoms with Crippen molar-refractivity contribution in [1.82, 2.24) is 9.55 Å². The van der Waals surface area contributed by atoms with E-state index in [2.05, 4.69) is 224 Å². The van der Waals surface area contributed by atoms with Gasteiger partial charge >= 0.3 is 0 Å². The van der Waals surface area contributed by atoms with Gasteiger partial charge in [-0.15, -0.1) is 0 Å². The molecular weight excluding hydrogens is 691 g/mol. The number of para-hydroxylation sites is 1. The number of aromatic nitrogens is 2. The zero-order valence-electron chi connectivity index (χ0n) is 31.9. The quantitative estimate of drug-likeness (QED) is 0.159. The van der Waals surface area contributed by atoms with Gasteiger partial charge in [0.25, 0.3) is 0 Å². The molecule has 0 unspecified atom stereocenters. The Balaban J connectivity index is 1.10. The Morgan fingerprint density at radius 1 is 0.421 bits per heavy atom. The molecule has 1 aliphatic carbocycles. The zero-order chi connectivity index (χ0) is 38.1. The number of rotatable bonds is 6. The van der Waals surface area contributed by atoms with Crippen molar-refractivity contribution in [3.8, 4) is 39.3 Å². The Kier molecular flexibility index (Phi) is 7.52. The Bertz CT molecular complexity index is 3140. The van der Waals surface area contributed by atoms with Gasteiger partial charge in [0.15, 0.2) is 0 Å². The molecule has 0 bridgehead atoms. The first-order valence-electron chi connectivity index (χ1n) is 19.7. The summed E-state index contributed by atoms with van der Waals surface area (Å²) >= 11 is 0. The molecule has 0 N–H and O–H groups in total. The molecule has 1 aliphatic rings. The Morgan fingerprint density at radius 2 is 1.00 bits per heavy atom. The smallest absolute Gasteiger partial charge is 0.145 e. The molecule has 0 saturated heterocycles. The lowest BCUT2D eigenvalue weighted by Crippen LogP contribution is -2.16. The van der Waals surface area contributed by atoms with Gasteiger partial charge in [0.1, 0.15) is 5.82 Å². The van der Waals surface area contributed by atoms with E-state index in [1.165, 1.54) is 49.5 Å². The van der Waals surface area contributed by atoms with Gasteiger partial charge in [-0.1, -0.05) is 153 Å². The van der Waals surface area contributed by atoms with Crippen molar-refractivity contribution in [3.05, 3.63) is 211 Å². The molecule has 0 fully saturated rings. The third-order valence-corrected chi connectivity index (χ3v) is 12.0. The fraction of sp³-hybridized carbons (Fsp3) is 0.0556. The van der Waals surface area contributed by atoms with Gasteiger partial charge in [-0.2, -0.15) is 0 Å². The summed E-state index contributed by atoms with van der Waals surface area (Å²) in [7, 11) is 0. The first-order chi connectivity index (χ1) is 28.0. The summed E-state index contributed by atoms with van der Waals surface area (Å²) < 4.78 is 2.35. The highest BCUT2D eigenvalue weighted by molar-refractivity contribution is 6.24. The van der Waals surface area contributed by atoms with Crippen molar-refractivity contribution in [3.63, 3.8) is 0 Å². The minimum absolute atomic E-state index is 0.117. The van der Waals surface area contributed by atoms with Crippen molar-refractivity contribution in [2.75, 3.05) is 4.90 Å². The number of anilines is 3. The highest BCUT2D eigenvalue weighted by Gasteiger charge is 2.35. The normalized spacial score (nSPS) is 12.9. The molecule has 11 rings (SSSR count). The van der Waals surface area contributed by atoms with Crippen LogP contribution in [0.1, 0.15) is 25.0 Å². The van der Waals surface area contributed by atoms with Gasteiger partial charge in [-0.25, -0.2) is 4.98 Å². The molecule has 57 heavy (non-hydrogen) atoms. The largest absolute Gasteiger partial charge is 0.310 e. The van der Waals surface area contributed by atoms with Gasteiger partial charge < -0.3 is 4.90 Å². The first kappa shape index (κ1) is 33.1. The number of benzene rings is 9. The van der Waals surface area contributed by atoms with Crippen LogP contribution in [0, 0.1) is 0 Å². The lowest BCUT2D eigenvalue weighted by Gasteiger charge is -2.28. The van der Waals surface area contributed by atoms with Crippen molar-refractivity contribution in [2.24, 2.45) is 0 Å². The molecule has 0 atom stereocenters. The summed E-state index contributed by atoms with van der Waals surface area (Å²) in [5, 5.41) is 4.80. The molecule has 3 nitrogen and oxygen atoms in total. The average molecular weight is 730 g/mol. The fourth-order valence-electron chi connectivity index (χ4n) is 9.22. The number of hydrogen-bond acceptors (Lipinski definition) is 2. The van der Waals surface area contributed by atoms with E-state index in [1.54, 1.807) is 0 Å². The summed E-state index contributed by atoms with van der Waals surface area (Å²) in [6.07, 6.45) is 0. The van der Waals surface area contributed by atoms with E-state index in [-0.39, 0.29) is 5.41 Å². The maximum atomic E-state index is 5.50. The van der Waals surface area contributed by atoms with E-state index in [9.17, 15) is 0 Å². The Morgan fingerprint density at radius 3 is 1.77 bits per heavy atom. The second kappa shape index (κ2) is 12.9. The van der Waals surface area contributed by atoms with Gasteiger partial charge in [0, 0.05) is 44.5 Å². The minimum Gasteiger partial charge on any atom is -0.310 e. The molecule has 0 aliphatic heterocycles. The van der Waals surface area contributed by atoms with E-state index >= 15 is 0 Å². The van der Waals surface area contributed by atoms with Crippen molar-refractivity contribution in [2.45, 2.75) is 19.3 Å². The van der Waals surface area contributed by atoms with E-state index in [0.717, 1.165) is 50.6 Å². The van der Waals surface area contributed by atoms with Gasteiger partial charge in [0.2, 0.25) is 0 Å². The summed E-state index contributed by atoms with van der Waals surface area (Å²) in [5.74, 6) is 0.916. The predicted molar refractivity (Wildman–Crippen MR) is 239 cm³/mol.